The van der Waals surface area contributed by atoms with Gasteiger partial charge in [0.15, 0.2) is 0 Å². The zero-order chi connectivity index (χ0) is 21.3. The van der Waals surface area contributed by atoms with Gasteiger partial charge in [0.1, 0.15) is 5.75 Å². The van der Waals surface area contributed by atoms with Crippen LogP contribution in [0.5, 0.6) is 5.75 Å². The van der Waals surface area contributed by atoms with E-state index in [2.05, 4.69) is 5.32 Å². The van der Waals surface area contributed by atoms with E-state index < -0.39 is 10.0 Å². The number of carbonyl (C=O) groups is 1. The Hall–Kier alpha value is -3.10. The Bertz CT molecular complexity index is 1200. The molecule has 0 saturated carbocycles. The smallest absolute Gasteiger partial charge is 0.257 e. The SMILES string of the molecule is COc1ccc(S(N)(=O)=O)cc1NC(=O)c1cc(C)n(-c2cccc(C)c2)c1C. The minimum absolute atomic E-state index is 0.112. The standard InChI is InChI=1S/C21H23N3O4S/c1-13-6-5-7-16(10-13)24-14(2)11-18(15(24)3)21(25)23-19-12-17(29(22,26)27)8-9-20(19)28-4/h5-12H,1-4H3,(H,23,25)(H2,22,26,27). The molecule has 0 aliphatic heterocycles. The molecule has 0 atom stereocenters. The fraction of sp³-hybridized carbons (Fsp3) is 0.190. The summed E-state index contributed by atoms with van der Waals surface area (Å²) in [5.74, 6) is -0.0416. The second-order valence-electron chi connectivity index (χ2n) is 6.82. The maximum absolute atomic E-state index is 13.0. The number of anilines is 1. The zero-order valence-corrected chi connectivity index (χ0v) is 17.5. The van der Waals surface area contributed by atoms with Crippen LogP contribution in [0.2, 0.25) is 0 Å². The minimum atomic E-state index is -3.91. The van der Waals surface area contributed by atoms with Crippen molar-refractivity contribution in [1.82, 2.24) is 4.57 Å². The number of hydrogen-bond acceptors (Lipinski definition) is 4. The lowest BCUT2D eigenvalue weighted by atomic mass is 10.2. The monoisotopic (exact) mass is 413 g/mol. The second-order valence-corrected chi connectivity index (χ2v) is 8.38. The molecule has 1 aromatic heterocycles. The van der Waals surface area contributed by atoms with Gasteiger partial charge in [-0.3, -0.25) is 4.79 Å². The summed E-state index contributed by atoms with van der Waals surface area (Å²) in [7, 11) is -2.48. The van der Waals surface area contributed by atoms with Crippen LogP contribution in [-0.4, -0.2) is 26.0 Å². The van der Waals surface area contributed by atoms with Crippen LogP contribution in [0.4, 0.5) is 5.69 Å². The van der Waals surface area contributed by atoms with Crippen molar-refractivity contribution >= 4 is 21.6 Å². The van der Waals surface area contributed by atoms with E-state index in [9.17, 15) is 13.2 Å². The third kappa shape index (κ3) is 4.18. The number of nitrogens with two attached hydrogens (primary N) is 1. The Labute approximate surface area is 170 Å². The summed E-state index contributed by atoms with van der Waals surface area (Å²) in [5.41, 5.74) is 4.46. The summed E-state index contributed by atoms with van der Waals surface area (Å²) in [4.78, 5) is 12.9. The number of primary sulfonamides is 1. The molecule has 29 heavy (non-hydrogen) atoms. The second kappa shape index (κ2) is 7.73. The number of amides is 1. The molecule has 0 aliphatic rings. The Kier molecular flexibility index (Phi) is 5.50. The zero-order valence-electron chi connectivity index (χ0n) is 16.7. The molecule has 0 fully saturated rings. The minimum Gasteiger partial charge on any atom is -0.495 e. The van der Waals surface area contributed by atoms with Gasteiger partial charge in [-0.25, -0.2) is 13.6 Å². The fourth-order valence-electron chi connectivity index (χ4n) is 3.31. The van der Waals surface area contributed by atoms with E-state index in [4.69, 9.17) is 9.88 Å². The number of aryl methyl sites for hydroxylation is 2. The van der Waals surface area contributed by atoms with Crippen molar-refractivity contribution < 1.29 is 17.9 Å². The average Bonchev–Trinajstić information content (AvgIpc) is 2.95. The number of nitrogens with zero attached hydrogens (tertiary/aromatic N) is 1. The Morgan fingerprint density at radius 2 is 1.79 bits per heavy atom. The van der Waals surface area contributed by atoms with E-state index >= 15 is 0 Å². The van der Waals surface area contributed by atoms with Crippen LogP contribution in [0.1, 0.15) is 27.3 Å². The maximum atomic E-state index is 13.0. The predicted octanol–water partition coefficient (Wildman–Crippen LogP) is 3.31. The molecule has 1 heterocycles. The van der Waals surface area contributed by atoms with Gasteiger partial charge in [0.05, 0.1) is 23.3 Å². The molecule has 8 heteroatoms. The van der Waals surface area contributed by atoms with E-state index in [0.29, 0.717) is 11.3 Å². The molecule has 7 nitrogen and oxygen atoms in total. The first-order chi connectivity index (χ1) is 13.6. The van der Waals surface area contributed by atoms with Crippen LogP contribution >= 0.6 is 0 Å². The summed E-state index contributed by atoms with van der Waals surface area (Å²) < 4.78 is 30.5. The van der Waals surface area contributed by atoms with Gasteiger partial charge in [-0.1, -0.05) is 12.1 Å². The maximum Gasteiger partial charge on any atom is 0.257 e. The summed E-state index contributed by atoms with van der Waals surface area (Å²) in [6, 6.07) is 13.9. The highest BCUT2D eigenvalue weighted by Crippen LogP contribution is 2.29. The van der Waals surface area contributed by atoms with Crippen LogP contribution < -0.4 is 15.2 Å². The largest absolute Gasteiger partial charge is 0.495 e. The number of nitrogens with one attached hydrogen (secondary N) is 1. The van der Waals surface area contributed by atoms with Crippen molar-refractivity contribution in [3.63, 3.8) is 0 Å². The summed E-state index contributed by atoms with van der Waals surface area (Å²) in [6.07, 6.45) is 0. The van der Waals surface area contributed by atoms with Gasteiger partial charge in [0.2, 0.25) is 10.0 Å². The Balaban J connectivity index is 2.00. The van der Waals surface area contributed by atoms with Crippen molar-refractivity contribution in [3.05, 3.63) is 71.0 Å². The molecule has 0 aliphatic carbocycles. The lowest BCUT2D eigenvalue weighted by Crippen LogP contribution is -2.16. The first kappa shape index (κ1) is 20.6. The molecule has 0 spiro atoms. The van der Waals surface area contributed by atoms with Crippen LogP contribution in [0.25, 0.3) is 5.69 Å². The molecule has 0 bridgehead atoms. The molecule has 3 aromatic rings. The van der Waals surface area contributed by atoms with Gasteiger partial charge in [0.25, 0.3) is 5.91 Å². The van der Waals surface area contributed by atoms with Crippen LogP contribution in [0, 0.1) is 20.8 Å². The lowest BCUT2D eigenvalue weighted by molar-refractivity contribution is 0.102. The van der Waals surface area contributed by atoms with Crippen LogP contribution in [0.3, 0.4) is 0 Å². The average molecular weight is 413 g/mol. The molecule has 3 rings (SSSR count). The quantitative estimate of drug-likeness (QED) is 0.670. The first-order valence-corrected chi connectivity index (χ1v) is 10.4. The number of methoxy groups -OCH3 is 1. The van der Waals surface area contributed by atoms with Gasteiger partial charge >= 0.3 is 0 Å². The molecule has 1 amide bonds. The van der Waals surface area contributed by atoms with Crippen molar-refractivity contribution in [2.75, 3.05) is 12.4 Å². The van der Waals surface area contributed by atoms with Crippen LogP contribution in [-0.2, 0) is 10.0 Å². The molecule has 0 saturated heterocycles. The fourth-order valence-corrected chi connectivity index (χ4v) is 3.85. The number of benzene rings is 2. The third-order valence-electron chi connectivity index (χ3n) is 4.68. The predicted molar refractivity (Wildman–Crippen MR) is 112 cm³/mol. The highest BCUT2D eigenvalue weighted by molar-refractivity contribution is 7.89. The first-order valence-electron chi connectivity index (χ1n) is 8.90. The number of rotatable bonds is 5. The molecular weight excluding hydrogens is 390 g/mol. The number of aromatic nitrogens is 1. The van der Waals surface area contributed by atoms with Gasteiger partial charge < -0.3 is 14.6 Å². The topological polar surface area (TPSA) is 103 Å². The normalized spacial score (nSPS) is 11.3. The molecule has 0 radical (unpaired) electrons. The van der Waals surface area contributed by atoms with Gasteiger partial charge in [-0.15, -0.1) is 0 Å². The van der Waals surface area contributed by atoms with Crippen molar-refractivity contribution in [3.8, 4) is 11.4 Å². The Morgan fingerprint density at radius 1 is 1.07 bits per heavy atom. The number of ether oxygens (including phenoxy) is 1. The number of carbonyl (C=O) groups excluding carboxylic acids is 1. The lowest BCUT2D eigenvalue weighted by Gasteiger charge is -2.13. The van der Waals surface area contributed by atoms with E-state index in [-0.39, 0.29) is 16.5 Å². The molecule has 0 unspecified atom stereocenters. The van der Waals surface area contributed by atoms with Crippen molar-refractivity contribution in [1.29, 1.82) is 0 Å². The van der Waals surface area contributed by atoms with Gasteiger partial charge in [-0.2, -0.15) is 0 Å². The summed E-state index contributed by atoms with van der Waals surface area (Å²) in [5, 5.41) is 7.94. The van der Waals surface area contributed by atoms with E-state index in [1.165, 1.54) is 25.3 Å². The summed E-state index contributed by atoms with van der Waals surface area (Å²) in [6.45, 7) is 5.80. The molecule has 3 N–H and O–H groups in total. The number of sulfonamides is 1. The van der Waals surface area contributed by atoms with Crippen molar-refractivity contribution in [2.45, 2.75) is 25.7 Å². The van der Waals surface area contributed by atoms with E-state index in [0.717, 1.165) is 22.6 Å². The van der Waals surface area contributed by atoms with Crippen LogP contribution in [0.15, 0.2) is 53.4 Å². The summed E-state index contributed by atoms with van der Waals surface area (Å²) >= 11 is 0. The van der Waals surface area contributed by atoms with Gasteiger partial charge in [0, 0.05) is 17.1 Å². The van der Waals surface area contributed by atoms with Gasteiger partial charge in [-0.05, 0) is 62.7 Å². The number of hydrogen-bond donors (Lipinski definition) is 2. The van der Waals surface area contributed by atoms with Crippen molar-refractivity contribution in [2.24, 2.45) is 5.14 Å². The van der Waals surface area contributed by atoms with E-state index in [1.54, 1.807) is 6.07 Å². The highest BCUT2D eigenvalue weighted by Gasteiger charge is 2.19. The third-order valence-corrected chi connectivity index (χ3v) is 5.59. The Morgan fingerprint density at radius 3 is 2.41 bits per heavy atom. The van der Waals surface area contributed by atoms with E-state index in [1.807, 2.05) is 49.6 Å². The molecule has 2 aromatic carbocycles. The molecule has 152 valence electrons. The highest BCUT2D eigenvalue weighted by atomic mass is 32.2. The molecular formula is C21H23N3O4S.